The summed E-state index contributed by atoms with van der Waals surface area (Å²) in [5, 5.41) is 2.88. The van der Waals surface area contributed by atoms with E-state index in [4.69, 9.17) is 5.73 Å². The van der Waals surface area contributed by atoms with Crippen molar-refractivity contribution in [1.29, 1.82) is 0 Å². The lowest BCUT2D eigenvalue weighted by atomic mass is 10.1. The van der Waals surface area contributed by atoms with Crippen molar-refractivity contribution >= 4 is 17.3 Å². The first kappa shape index (κ1) is 19.5. The third-order valence-electron chi connectivity index (χ3n) is 4.24. The van der Waals surface area contributed by atoms with E-state index in [0.29, 0.717) is 12.1 Å². The highest BCUT2D eigenvalue weighted by atomic mass is 16.1. The van der Waals surface area contributed by atoms with Crippen LogP contribution < -0.4 is 11.1 Å². The maximum absolute atomic E-state index is 11.9. The topological polar surface area (TPSA) is 55.1 Å². The first-order valence-electron chi connectivity index (χ1n) is 9.38. The first-order chi connectivity index (χ1) is 11.2. The van der Waals surface area contributed by atoms with Gasteiger partial charge < -0.3 is 11.1 Å². The number of nitrogens with one attached hydrogen (secondary N) is 1. The van der Waals surface area contributed by atoms with E-state index in [-0.39, 0.29) is 5.91 Å². The summed E-state index contributed by atoms with van der Waals surface area (Å²) in [4.78, 5) is 11.9. The summed E-state index contributed by atoms with van der Waals surface area (Å²) < 4.78 is 0. The number of carbonyl (C=O) groups excluding carboxylic acids is 1. The van der Waals surface area contributed by atoms with Gasteiger partial charge in [-0.1, -0.05) is 83.3 Å². The molecule has 1 amide bonds. The molecule has 1 aromatic rings. The highest BCUT2D eigenvalue weighted by Gasteiger charge is 2.04. The maximum atomic E-state index is 11.9. The number of benzene rings is 1. The number of nitrogens with two attached hydrogens (primary N) is 1. The van der Waals surface area contributed by atoms with Crippen LogP contribution in [0.15, 0.2) is 24.3 Å². The van der Waals surface area contributed by atoms with E-state index in [1.165, 1.54) is 57.8 Å². The summed E-state index contributed by atoms with van der Waals surface area (Å²) in [5.74, 6) is 0.0684. The van der Waals surface area contributed by atoms with Crippen molar-refractivity contribution in [2.45, 2.75) is 84.0 Å². The predicted molar refractivity (Wildman–Crippen MR) is 101 cm³/mol. The minimum Gasteiger partial charge on any atom is -0.397 e. The Kier molecular flexibility index (Phi) is 11.0. The van der Waals surface area contributed by atoms with Crippen molar-refractivity contribution in [1.82, 2.24) is 0 Å². The van der Waals surface area contributed by atoms with Crippen LogP contribution in [0.25, 0.3) is 0 Å². The Morgan fingerprint density at radius 1 is 0.870 bits per heavy atom. The third kappa shape index (κ3) is 9.98. The number of amides is 1. The van der Waals surface area contributed by atoms with Crippen molar-refractivity contribution in [3.63, 3.8) is 0 Å². The number of hydrogen-bond donors (Lipinski definition) is 2. The molecule has 0 aromatic heterocycles. The molecular formula is C20H34N2O. The van der Waals surface area contributed by atoms with Crippen LogP contribution in [0.2, 0.25) is 0 Å². The van der Waals surface area contributed by atoms with Crippen LogP contribution in [0.5, 0.6) is 0 Å². The molecule has 0 saturated carbocycles. The number of para-hydroxylation sites is 2. The van der Waals surface area contributed by atoms with Gasteiger partial charge in [0.15, 0.2) is 0 Å². The fourth-order valence-electron chi connectivity index (χ4n) is 2.77. The lowest BCUT2D eigenvalue weighted by Crippen LogP contribution is -2.12. The van der Waals surface area contributed by atoms with Crippen molar-refractivity contribution in [3.05, 3.63) is 24.3 Å². The Morgan fingerprint density at radius 2 is 1.39 bits per heavy atom. The lowest BCUT2D eigenvalue weighted by molar-refractivity contribution is -0.116. The second kappa shape index (κ2) is 13.0. The highest BCUT2D eigenvalue weighted by molar-refractivity contribution is 5.93. The molecule has 0 heterocycles. The van der Waals surface area contributed by atoms with Gasteiger partial charge >= 0.3 is 0 Å². The maximum Gasteiger partial charge on any atom is 0.224 e. The van der Waals surface area contributed by atoms with Crippen LogP contribution in [-0.4, -0.2) is 5.91 Å². The number of carbonyl (C=O) groups is 1. The van der Waals surface area contributed by atoms with Gasteiger partial charge in [-0.2, -0.15) is 0 Å². The molecular weight excluding hydrogens is 284 g/mol. The van der Waals surface area contributed by atoms with E-state index in [1.54, 1.807) is 6.07 Å². The molecule has 0 aliphatic heterocycles. The molecule has 130 valence electrons. The van der Waals surface area contributed by atoms with Crippen molar-refractivity contribution in [2.24, 2.45) is 0 Å². The Hall–Kier alpha value is -1.51. The van der Waals surface area contributed by atoms with Crippen LogP contribution >= 0.6 is 0 Å². The van der Waals surface area contributed by atoms with Crippen LogP contribution in [0, 0.1) is 0 Å². The molecule has 3 heteroatoms. The zero-order valence-electron chi connectivity index (χ0n) is 14.8. The number of anilines is 2. The largest absolute Gasteiger partial charge is 0.397 e. The third-order valence-corrected chi connectivity index (χ3v) is 4.24. The summed E-state index contributed by atoms with van der Waals surface area (Å²) in [6.07, 6.45) is 14.9. The Bertz CT molecular complexity index is 431. The van der Waals surface area contributed by atoms with E-state index < -0.39 is 0 Å². The molecule has 0 atom stereocenters. The predicted octanol–water partition coefficient (Wildman–Crippen LogP) is 5.91. The molecule has 0 bridgehead atoms. The number of rotatable bonds is 13. The van der Waals surface area contributed by atoms with E-state index >= 15 is 0 Å². The molecule has 0 saturated heterocycles. The minimum absolute atomic E-state index is 0.0684. The molecule has 0 unspecified atom stereocenters. The van der Waals surface area contributed by atoms with E-state index in [9.17, 15) is 4.79 Å². The first-order valence-corrected chi connectivity index (χ1v) is 9.38. The van der Waals surface area contributed by atoms with Gasteiger partial charge in [0.25, 0.3) is 0 Å². The summed E-state index contributed by atoms with van der Waals surface area (Å²) in [7, 11) is 0. The number of unbranched alkanes of at least 4 members (excludes halogenated alkanes) is 10. The van der Waals surface area contributed by atoms with Crippen molar-refractivity contribution < 1.29 is 4.79 Å². The second-order valence-electron chi connectivity index (χ2n) is 6.42. The average Bonchev–Trinajstić information content (AvgIpc) is 2.55. The SMILES string of the molecule is CCCCCCCCCCCCCC(=O)Nc1ccccc1N. The van der Waals surface area contributed by atoms with Crippen molar-refractivity contribution in [3.8, 4) is 0 Å². The fraction of sp³-hybridized carbons (Fsp3) is 0.650. The number of nitrogen functional groups attached to an aromatic ring is 1. The number of hydrogen-bond acceptors (Lipinski definition) is 2. The Balaban J connectivity index is 1.93. The van der Waals surface area contributed by atoms with E-state index in [2.05, 4.69) is 12.2 Å². The molecule has 23 heavy (non-hydrogen) atoms. The average molecular weight is 319 g/mol. The van der Waals surface area contributed by atoms with Gasteiger partial charge in [0, 0.05) is 6.42 Å². The van der Waals surface area contributed by atoms with E-state index in [0.717, 1.165) is 18.5 Å². The monoisotopic (exact) mass is 318 g/mol. The quantitative estimate of drug-likeness (QED) is 0.351. The molecule has 3 nitrogen and oxygen atoms in total. The summed E-state index contributed by atoms with van der Waals surface area (Å²) in [6, 6.07) is 7.40. The minimum atomic E-state index is 0.0684. The Morgan fingerprint density at radius 3 is 1.96 bits per heavy atom. The molecule has 0 radical (unpaired) electrons. The van der Waals surface area contributed by atoms with E-state index in [1.807, 2.05) is 18.2 Å². The normalized spacial score (nSPS) is 10.7. The molecule has 0 fully saturated rings. The van der Waals surface area contributed by atoms with Gasteiger partial charge in [0.2, 0.25) is 5.91 Å². The molecule has 0 aliphatic rings. The van der Waals surface area contributed by atoms with Crippen LogP contribution in [0.1, 0.15) is 84.0 Å². The molecule has 1 aromatic carbocycles. The second-order valence-corrected chi connectivity index (χ2v) is 6.42. The molecule has 0 aliphatic carbocycles. The zero-order chi connectivity index (χ0) is 16.8. The fourth-order valence-corrected chi connectivity index (χ4v) is 2.77. The van der Waals surface area contributed by atoms with Crippen molar-refractivity contribution in [2.75, 3.05) is 11.1 Å². The Labute approximate surface area is 142 Å². The smallest absolute Gasteiger partial charge is 0.224 e. The van der Waals surface area contributed by atoms with Gasteiger partial charge in [-0.15, -0.1) is 0 Å². The van der Waals surface area contributed by atoms with Gasteiger partial charge in [-0.25, -0.2) is 0 Å². The molecule has 1 rings (SSSR count). The zero-order valence-corrected chi connectivity index (χ0v) is 14.8. The standard InChI is InChI=1S/C20H34N2O/c1-2-3-4-5-6-7-8-9-10-11-12-17-20(23)22-19-16-14-13-15-18(19)21/h13-16H,2-12,17,21H2,1H3,(H,22,23). The van der Waals surface area contributed by atoms with Gasteiger partial charge in [0.05, 0.1) is 11.4 Å². The summed E-state index contributed by atoms with van der Waals surface area (Å²) in [6.45, 7) is 2.26. The van der Waals surface area contributed by atoms with Gasteiger partial charge in [-0.3, -0.25) is 4.79 Å². The van der Waals surface area contributed by atoms with Gasteiger partial charge in [-0.05, 0) is 18.6 Å². The van der Waals surface area contributed by atoms with Crippen LogP contribution in [0.3, 0.4) is 0 Å². The lowest BCUT2D eigenvalue weighted by Gasteiger charge is -2.07. The summed E-state index contributed by atoms with van der Waals surface area (Å²) >= 11 is 0. The van der Waals surface area contributed by atoms with Gasteiger partial charge in [0.1, 0.15) is 0 Å². The summed E-state index contributed by atoms with van der Waals surface area (Å²) in [5.41, 5.74) is 7.16. The van der Waals surface area contributed by atoms with Crippen LogP contribution in [-0.2, 0) is 4.79 Å². The molecule has 0 spiro atoms. The van der Waals surface area contributed by atoms with Crippen LogP contribution in [0.4, 0.5) is 11.4 Å². The highest BCUT2D eigenvalue weighted by Crippen LogP contribution is 2.17. The molecule has 3 N–H and O–H groups in total.